The highest BCUT2D eigenvalue weighted by Crippen LogP contribution is 1.67. The Morgan fingerprint density at radius 3 is 0.110 bits per heavy atom. The summed E-state index contributed by atoms with van der Waals surface area (Å²) in [5.74, 6) is 246. The normalized spacial score (nSPS) is 3.98. The van der Waals surface area contributed by atoms with Crippen LogP contribution in [0.3, 0.4) is 0 Å². The van der Waals surface area contributed by atoms with E-state index in [1.54, 1.807) is 13.8 Å². The topological polar surface area (TPSA) is 0 Å². The summed E-state index contributed by atoms with van der Waals surface area (Å²) < 4.78 is 0. The van der Waals surface area contributed by atoms with Crippen molar-refractivity contribution in [2.45, 2.75) is 13.8 Å². The van der Waals surface area contributed by atoms with Gasteiger partial charge in [0.25, 0.3) is 0 Å². The molecular formula is C100H6. The van der Waals surface area contributed by atoms with Crippen molar-refractivity contribution in [2.24, 2.45) is 0 Å². The molecule has 406 valence electrons. The van der Waals surface area contributed by atoms with E-state index >= 15 is 0 Å². The summed E-state index contributed by atoms with van der Waals surface area (Å²) in [6, 6.07) is 0. The fraction of sp³-hybridized carbons (Fsp3) is 0.0200. The molecule has 0 aromatic heterocycles. The maximum absolute atomic E-state index is 2.63. The fourth-order valence-corrected chi connectivity index (χ4v) is 3.06. The minimum atomic E-state index is 1.68. The molecule has 100 heavy (non-hydrogen) atoms. The standard InChI is InChI=1S/C100H6/c1-3-5-7-9-11-13-15-17-19-21-23-25-27-29-31-33-35-37-39-41-43-45-47-49-51-53-55-57-59-61-63-65-67-69-71-73-75-77-79-81-83-85-87-89-91-93-95-97-99-100-98-96-94-92-90-88-86-84-82-80-78-76-74-72-70-68-66-64-62-60-58-56-54-52-50-48-46-44-42-40-38-36-34-32-30-28-26-24-22-20-18-16-14-12-10-8-6-4-2/h1-2H3. The fourth-order valence-electron chi connectivity index (χ4n) is 3.06. The van der Waals surface area contributed by atoms with Crippen LogP contribution < -0.4 is 0 Å². The van der Waals surface area contributed by atoms with E-state index in [0.717, 1.165) is 0 Å². The maximum atomic E-state index is 2.63. The average Bonchev–Trinajstić information content (AvgIpc) is 3.66. The lowest BCUT2D eigenvalue weighted by Gasteiger charge is -1.58. The zero-order valence-corrected chi connectivity index (χ0v) is 51.0. The zero-order valence-electron chi connectivity index (χ0n) is 51.0. The molecule has 0 aliphatic carbocycles. The number of hydrogen-bond acceptors (Lipinski definition) is 0. The van der Waals surface area contributed by atoms with Crippen LogP contribution >= 0.6 is 0 Å². The van der Waals surface area contributed by atoms with Gasteiger partial charge in [-0.1, -0.05) is 11.8 Å². The Balaban J connectivity index is 4.64. The summed E-state index contributed by atoms with van der Waals surface area (Å²) in [4.78, 5) is 0. The van der Waals surface area contributed by atoms with Crippen molar-refractivity contribution < 1.29 is 0 Å². The molecule has 0 saturated carbocycles. The molecule has 0 aliphatic heterocycles. The van der Waals surface area contributed by atoms with Gasteiger partial charge in [-0.15, -0.1) is 0 Å². The third-order valence-corrected chi connectivity index (χ3v) is 6.19. The van der Waals surface area contributed by atoms with Crippen molar-refractivity contribution in [3.05, 3.63) is 0 Å². The first-order chi connectivity index (χ1) is 49.9. The molecular weight excluding hydrogens is 1200 g/mol. The van der Waals surface area contributed by atoms with Crippen LogP contribution in [0.25, 0.3) is 0 Å². The van der Waals surface area contributed by atoms with Gasteiger partial charge in [-0.2, -0.15) is 0 Å². The molecule has 0 aliphatic rings. The summed E-state index contributed by atoms with van der Waals surface area (Å²) >= 11 is 0. The van der Waals surface area contributed by atoms with E-state index in [9.17, 15) is 0 Å². The van der Waals surface area contributed by atoms with E-state index in [2.05, 4.69) is 580 Å². The second-order valence-electron chi connectivity index (χ2n) is 12.5. The Labute approximate surface area is 590 Å². The van der Waals surface area contributed by atoms with E-state index in [0.29, 0.717) is 0 Å². The quantitative estimate of drug-likeness (QED) is 0.321. The Morgan fingerprint density at radius 1 is 0.0500 bits per heavy atom. The number of hydrogen-bond donors (Lipinski definition) is 0. The van der Waals surface area contributed by atoms with Crippen molar-refractivity contribution in [1.29, 1.82) is 0 Å². The Hall–Kier alpha value is -21.6. The molecule has 0 amide bonds. The van der Waals surface area contributed by atoms with Crippen molar-refractivity contribution in [2.75, 3.05) is 0 Å². The average molecular weight is 1210 g/mol. The Kier molecular flexibility index (Phi) is 60.7. The highest BCUT2D eigenvalue weighted by molar-refractivity contribution is 5.56. The minimum Gasteiger partial charge on any atom is -0.0925 e. The molecule has 0 heterocycles. The molecule has 0 aromatic carbocycles. The SMILES string of the molecule is CC#CC#CC#CC#CC#CC#CC#CC#CC#CC#CC#CC#CC#CC#CC#CC#CC#CC#CC#CC#CC#CC#CC#CC#CC#CC#CC#CC#CC#CC#CC#CC#CC#CC#CC#CC#CC#CC#CC#CC#CC#CC#CC#CC#CC#CC#CC#CC#CC#CC. The van der Waals surface area contributed by atoms with E-state index in [4.69, 9.17) is 0 Å². The molecule has 0 aromatic rings. The van der Waals surface area contributed by atoms with Gasteiger partial charge in [0, 0.05) is 474 Å². The first kappa shape index (κ1) is 78.4. The van der Waals surface area contributed by atoms with Gasteiger partial charge in [0.1, 0.15) is 0 Å². The van der Waals surface area contributed by atoms with Gasteiger partial charge in [0.15, 0.2) is 0 Å². The molecule has 0 saturated heterocycles. The van der Waals surface area contributed by atoms with Crippen LogP contribution in [0.5, 0.6) is 0 Å². The van der Waals surface area contributed by atoms with Gasteiger partial charge in [-0.3, -0.25) is 0 Å². The lowest BCUT2D eigenvalue weighted by atomic mass is 10.4. The molecule has 0 atom stereocenters. The van der Waals surface area contributed by atoms with E-state index in [1.807, 2.05) is 0 Å². The summed E-state index contributed by atoms with van der Waals surface area (Å²) in [5.41, 5.74) is 0. The van der Waals surface area contributed by atoms with Crippen molar-refractivity contribution in [3.63, 3.8) is 0 Å². The van der Waals surface area contributed by atoms with Crippen molar-refractivity contribution in [1.82, 2.24) is 0 Å². The lowest BCUT2D eigenvalue weighted by molar-refractivity contribution is 1.92. The predicted molar refractivity (Wildman–Crippen MR) is 392 cm³/mol. The predicted octanol–water partition coefficient (Wildman–Crippen LogP) is 1.19. The van der Waals surface area contributed by atoms with E-state index in [1.165, 1.54) is 0 Å². The van der Waals surface area contributed by atoms with Crippen LogP contribution in [0.1, 0.15) is 13.8 Å². The molecule has 0 radical (unpaired) electrons. The third-order valence-electron chi connectivity index (χ3n) is 6.19. The van der Waals surface area contributed by atoms with Gasteiger partial charge in [0.05, 0.1) is 0 Å². The van der Waals surface area contributed by atoms with Gasteiger partial charge in [-0.05, 0) is 109 Å². The van der Waals surface area contributed by atoms with Crippen LogP contribution in [-0.4, -0.2) is 0 Å². The largest absolute Gasteiger partial charge is 0.0925 e. The van der Waals surface area contributed by atoms with Gasteiger partial charge >= 0.3 is 0 Å². The highest BCUT2D eigenvalue weighted by Gasteiger charge is 1.67. The smallest absolute Gasteiger partial charge is 0 e. The lowest BCUT2D eigenvalue weighted by Crippen LogP contribution is -1.57. The summed E-state index contributed by atoms with van der Waals surface area (Å²) in [6.45, 7) is 3.37. The van der Waals surface area contributed by atoms with Crippen LogP contribution in [0.15, 0.2) is 0 Å². The summed E-state index contributed by atoms with van der Waals surface area (Å²) in [7, 11) is 0. The zero-order chi connectivity index (χ0) is 71.3. The van der Waals surface area contributed by atoms with Crippen LogP contribution in [0.2, 0.25) is 0 Å². The Bertz CT molecular complexity index is 6610. The number of rotatable bonds is 0. The molecule has 0 bridgehead atoms. The second-order valence-corrected chi connectivity index (χ2v) is 12.5. The summed E-state index contributed by atoms with van der Waals surface area (Å²) in [6.07, 6.45) is 0. The molecule has 0 spiro atoms. The monoisotopic (exact) mass is 1210 g/mol. The van der Waals surface area contributed by atoms with Gasteiger partial charge in [0.2, 0.25) is 0 Å². The first-order valence-electron chi connectivity index (χ1n) is 25.2. The molecule has 0 rings (SSSR count). The maximum Gasteiger partial charge on any atom is 0 e. The Morgan fingerprint density at radius 2 is 0.0800 bits per heavy atom. The van der Waals surface area contributed by atoms with Crippen molar-refractivity contribution >= 4 is 0 Å². The molecule has 0 nitrogen and oxygen atoms in total. The van der Waals surface area contributed by atoms with E-state index < -0.39 is 0 Å². The second kappa shape index (κ2) is 77.4. The summed E-state index contributed by atoms with van der Waals surface area (Å²) in [5, 5.41) is 0. The van der Waals surface area contributed by atoms with Gasteiger partial charge in [-0.25, -0.2) is 0 Å². The molecule has 0 unspecified atom stereocenters. The van der Waals surface area contributed by atoms with Crippen LogP contribution in [0, 0.1) is 580 Å². The van der Waals surface area contributed by atoms with Crippen LogP contribution in [0.4, 0.5) is 0 Å². The molecule has 0 N–H and O–H groups in total. The van der Waals surface area contributed by atoms with E-state index in [-0.39, 0.29) is 0 Å². The van der Waals surface area contributed by atoms with Crippen LogP contribution in [-0.2, 0) is 0 Å². The third kappa shape index (κ3) is 76.4. The van der Waals surface area contributed by atoms with Gasteiger partial charge < -0.3 is 0 Å². The highest BCUT2D eigenvalue weighted by atomic mass is 13.7. The molecule has 0 fully saturated rings. The first-order valence-corrected chi connectivity index (χ1v) is 25.2. The minimum absolute atomic E-state index is 1.68. The van der Waals surface area contributed by atoms with Crippen molar-refractivity contribution in [3.8, 4) is 580 Å². The molecule has 0 heteroatoms.